The van der Waals surface area contributed by atoms with Crippen LogP contribution in [0, 0.1) is 6.92 Å². The van der Waals surface area contributed by atoms with Gasteiger partial charge in [0.15, 0.2) is 5.13 Å². The molecule has 2 aromatic heterocycles. The number of hydrogen-bond acceptors (Lipinski definition) is 8. The van der Waals surface area contributed by atoms with Gasteiger partial charge in [-0.25, -0.2) is 4.98 Å². The molecule has 0 aliphatic carbocycles. The fraction of sp³-hybridized carbons (Fsp3) is 0.200. The number of carbonyl (C=O) groups excluding carboxylic acids is 1. The van der Waals surface area contributed by atoms with E-state index in [1.807, 2.05) is 56.3 Å². The maximum Gasteiger partial charge on any atom is 0.277 e. The Hall–Kier alpha value is -2.91. The normalized spacial score (nSPS) is 11.0. The summed E-state index contributed by atoms with van der Waals surface area (Å²) in [4.78, 5) is 16.7. The molecule has 148 valence electrons. The van der Waals surface area contributed by atoms with Gasteiger partial charge >= 0.3 is 0 Å². The molecule has 0 fully saturated rings. The number of aromatic nitrogens is 3. The first-order chi connectivity index (χ1) is 14.1. The molecule has 1 N–H and O–H groups in total. The Bertz CT molecular complexity index is 1140. The summed E-state index contributed by atoms with van der Waals surface area (Å²) in [5, 5.41) is 11.7. The van der Waals surface area contributed by atoms with Crippen molar-refractivity contribution in [2.75, 3.05) is 17.7 Å². The summed E-state index contributed by atoms with van der Waals surface area (Å²) in [7, 11) is 0. The Morgan fingerprint density at radius 2 is 2.03 bits per heavy atom. The second kappa shape index (κ2) is 8.62. The molecule has 0 radical (unpaired) electrons. The average Bonchev–Trinajstić information content (AvgIpc) is 3.33. The molecule has 2 aromatic carbocycles. The van der Waals surface area contributed by atoms with E-state index >= 15 is 0 Å². The number of thiazole rings is 1. The minimum Gasteiger partial charge on any atom is -0.494 e. The van der Waals surface area contributed by atoms with Crippen LogP contribution in [0.4, 0.5) is 5.13 Å². The maximum absolute atomic E-state index is 12.3. The Balaban J connectivity index is 1.35. The molecule has 0 saturated heterocycles. The lowest BCUT2D eigenvalue weighted by Gasteiger charge is -2.00. The van der Waals surface area contributed by atoms with E-state index in [0.29, 0.717) is 22.9 Å². The summed E-state index contributed by atoms with van der Waals surface area (Å²) in [6, 6.07) is 13.5. The third-order valence-corrected chi connectivity index (χ3v) is 5.70. The number of amides is 1. The number of ether oxygens (including phenoxy) is 1. The highest BCUT2D eigenvalue weighted by molar-refractivity contribution is 7.99. The van der Waals surface area contributed by atoms with Gasteiger partial charge in [0, 0.05) is 5.56 Å². The van der Waals surface area contributed by atoms with Crippen molar-refractivity contribution in [3.8, 4) is 17.2 Å². The average molecular weight is 427 g/mol. The molecule has 0 spiro atoms. The van der Waals surface area contributed by atoms with Gasteiger partial charge in [0.1, 0.15) is 5.75 Å². The van der Waals surface area contributed by atoms with E-state index in [-0.39, 0.29) is 11.7 Å². The Morgan fingerprint density at radius 3 is 2.83 bits per heavy atom. The van der Waals surface area contributed by atoms with Gasteiger partial charge in [0.2, 0.25) is 11.8 Å². The molecule has 1 amide bonds. The van der Waals surface area contributed by atoms with Gasteiger partial charge in [0.25, 0.3) is 5.22 Å². The summed E-state index contributed by atoms with van der Waals surface area (Å²) in [6.07, 6.45) is 0. The van der Waals surface area contributed by atoms with Crippen molar-refractivity contribution in [1.82, 2.24) is 15.2 Å². The van der Waals surface area contributed by atoms with Gasteiger partial charge in [-0.3, -0.25) is 4.79 Å². The number of anilines is 1. The van der Waals surface area contributed by atoms with Gasteiger partial charge in [-0.15, -0.1) is 10.2 Å². The number of carbonyl (C=O) groups is 1. The molecule has 4 aromatic rings. The summed E-state index contributed by atoms with van der Waals surface area (Å²) in [6.45, 7) is 4.56. The van der Waals surface area contributed by atoms with E-state index in [0.717, 1.165) is 27.1 Å². The summed E-state index contributed by atoms with van der Waals surface area (Å²) < 4.78 is 12.1. The van der Waals surface area contributed by atoms with Crippen LogP contribution in [0.5, 0.6) is 5.75 Å². The minimum atomic E-state index is -0.186. The molecule has 0 aliphatic heterocycles. The fourth-order valence-electron chi connectivity index (χ4n) is 2.58. The van der Waals surface area contributed by atoms with Crippen molar-refractivity contribution in [1.29, 1.82) is 0 Å². The zero-order valence-corrected chi connectivity index (χ0v) is 17.5. The molecular weight excluding hydrogens is 408 g/mol. The third-order valence-electron chi connectivity index (χ3n) is 3.95. The van der Waals surface area contributed by atoms with E-state index < -0.39 is 0 Å². The number of aryl methyl sites for hydroxylation is 1. The van der Waals surface area contributed by atoms with E-state index in [2.05, 4.69) is 20.5 Å². The first-order valence-electron chi connectivity index (χ1n) is 8.97. The molecule has 0 aliphatic rings. The van der Waals surface area contributed by atoms with Crippen LogP contribution in [0.3, 0.4) is 0 Å². The first-order valence-corrected chi connectivity index (χ1v) is 10.8. The van der Waals surface area contributed by atoms with E-state index in [1.54, 1.807) is 0 Å². The van der Waals surface area contributed by atoms with Crippen LogP contribution in [-0.4, -0.2) is 33.4 Å². The molecular formula is C20H18N4O3S2. The monoisotopic (exact) mass is 426 g/mol. The highest BCUT2D eigenvalue weighted by Gasteiger charge is 2.13. The SMILES string of the molecule is CCOc1ccc2nc(NC(=O)CSc3nnc(-c4ccc(C)cc4)o3)sc2c1. The predicted molar refractivity (Wildman–Crippen MR) is 115 cm³/mol. The highest BCUT2D eigenvalue weighted by Crippen LogP contribution is 2.30. The van der Waals surface area contributed by atoms with Crippen molar-refractivity contribution in [2.24, 2.45) is 0 Å². The number of thioether (sulfide) groups is 1. The molecule has 9 heteroatoms. The molecule has 4 rings (SSSR count). The largest absolute Gasteiger partial charge is 0.494 e. The standard InChI is InChI=1S/C20H18N4O3S2/c1-3-26-14-8-9-15-16(10-14)29-19(21-15)22-17(25)11-28-20-24-23-18(27-20)13-6-4-12(2)5-7-13/h4-10H,3,11H2,1-2H3,(H,21,22,25). The number of hydrogen-bond donors (Lipinski definition) is 1. The second-order valence-electron chi connectivity index (χ2n) is 6.16. The van der Waals surface area contributed by atoms with Crippen LogP contribution in [0.15, 0.2) is 52.1 Å². The van der Waals surface area contributed by atoms with Crippen molar-refractivity contribution < 1.29 is 13.9 Å². The van der Waals surface area contributed by atoms with Gasteiger partial charge in [-0.05, 0) is 44.2 Å². The molecule has 0 bridgehead atoms. The lowest BCUT2D eigenvalue weighted by Crippen LogP contribution is -2.13. The molecule has 0 unspecified atom stereocenters. The Morgan fingerprint density at radius 1 is 1.21 bits per heavy atom. The zero-order valence-electron chi connectivity index (χ0n) is 15.8. The van der Waals surface area contributed by atoms with Gasteiger partial charge in [-0.2, -0.15) is 0 Å². The quantitative estimate of drug-likeness (QED) is 0.425. The highest BCUT2D eigenvalue weighted by atomic mass is 32.2. The minimum absolute atomic E-state index is 0.148. The van der Waals surface area contributed by atoms with E-state index in [4.69, 9.17) is 9.15 Å². The smallest absolute Gasteiger partial charge is 0.277 e. The first kappa shape index (κ1) is 19.4. The van der Waals surface area contributed by atoms with Crippen molar-refractivity contribution in [2.45, 2.75) is 19.1 Å². The van der Waals surface area contributed by atoms with Crippen LogP contribution in [0.25, 0.3) is 21.7 Å². The molecule has 0 saturated carbocycles. The van der Waals surface area contributed by atoms with Crippen molar-refractivity contribution >= 4 is 44.4 Å². The van der Waals surface area contributed by atoms with Crippen LogP contribution in [0.1, 0.15) is 12.5 Å². The topological polar surface area (TPSA) is 90.1 Å². The number of rotatable bonds is 7. The van der Waals surface area contributed by atoms with Gasteiger partial charge in [0.05, 0.1) is 22.6 Å². The van der Waals surface area contributed by atoms with Crippen molar-refractivity contribution in [3.63, 3.8) is 0 Å². The fourth-order valence-corrected chi connectivity index (χ4v) is 4.05. The zero-order chi connectivity index (χ0) is 20.2. The van der Waals surface area contributed by atoms with Crippen molar-refractivity contribution in [3.05, 3.63) is 48.0 Å². The van der Waals surface area contributed by atoms with Crippen LogP contribution in [-0.2, 0) is 4.79 Å². The maximum atomic E-state index is 12.3. The lowest BCUT2D eigenvalue weighted by molar-refractivity contribution is -0.113. The summed E-state index contributed by atoms with van der Waals surface area (Å²) in [5.74, 6) is 1.19. The van der Waals surface area contributed by atoms with Gasteiger partial charge < -0.3 is 14.5 Å². The van der Waals surface area contributed by atoms with E-state index in [9.17, 15) is 4.79 Å². The number of nitrogens with zero attached hydrogens (tertiary/aromatic N) is 3. The molecule has 2 heterocycles. The number of fused-ring (bicyclic) bond motifs is 1. The lowest BCUT2D eigenvalue weighted by atomic mass is 10.1. The Labute approximate surface area is 175 Å². The van der Waals surface area contributed by atoms with Crippen LogP contribution >= 0.6 is 23.1 Å². The van der Waals surface area contributed by atoms with Crippen LogP contribution in [0.2, 0.25) is 0 Å². The summed E-state index contributed by atoms with van der Waals surface area (Å²) >= 11 is 2.59. The summed E-state index contributed by atoms with van der Waals surface area (Å²) in [5.41, 5.74) is 2.82. The second-order valence-corrected chi connectivity index (χ2v) is 8.11. The van der Waals surface area contributed by atoms with E-state index in [1.165, 1.54) is 23.1 Å². The number of nitrogens with one attached hydrogen (secondary N) is 1. The molecule has 0 atom stereocenters. The number of benzene rings is 2. The van der Waals surface area contributed by atoms with Crippen LogP contribution < -0.4 is 10.1 Å². The third kappa shape index (κ3) is 4.75. The molecule has 7 nitrogen and oxygen atoms in total. The predicted octanol–water partition coefficient (Wildman–Crippen LogP) is 4.78. The molecule has 29 heavy (non-hydrogen) atoms. The Kier molecular flexibility index (Phi) is 5.77. The van der Waals surface area contributed by atoms with Gasteiger partial charge in [-0.1, -0.05) is 40.8 Å².